The monoisotopic (exact) mass is 340 g/mol. The number of nitrogens with one attached hydrogen (secondary N) is 1. The summed E-state index contributed by atoms with van der Waals surface area (Å²) in [5, 5.41) is 3.59. The van der Waals surface area contributed by atoms with Crippen LogP contribution in [0.4, 0.5) is 5.69 Å². The second kappa shape index (κ2) is 5.38. The van der Waals surface area contributed by atoms with Crippen LogP contribution >= 0.6 is 28.1 Å². The standard InChI is InChI=1S/C14H17BrN2OS/c15-10-7-9(14(16)19)3-4-11(10)17-12-5-6-18-13(12)8-1-2-8/h3-4,7-8,12-13,17H,1-2,5-6H2,(H2,16,19). The van der Waals surface area contributed by atoms with Gasteiger partial charge in [0.05, 0.1) is 12.1 Å². The van der Waals surface area contributed by atoms with Gasteiger partial charge < -0.3 is 15.8 Å². The first-order chi connectivity index (χ1) is 9.15. The highest BCUT2D eigenvalue weighted by Crippen LogP contribution is 2.40. The van der Waals surface area contributed by atoms with Gasteiger partial charge in [-0.25, -0.2) is 0 Å². The zero-order valence-electron chi connectivity index (χ0n) is 10.6. The fourth-order valence-electron chi connectivity index (χ4n) is 2.64. The largest absolute Gasteiger partial charge is 0.389 e. The van der Waals surface area contributed by atoms with Gasteiger partial charge in [0, 0.05) is 22.3 Å². The third kappa shape index (κ3) is 2.93. The number of benzene rings is 1. The van der Waals surface area contributed by atoms with Crippen molar-refractivity contribution < 1.29 is 4.74 Å². The quantitative estimate of drug-likeness (QED) is 0.827. The lowest BCUT2D eigenvalue weighted by molar-refractivity contribution is 0.0898. The Kier molecular flexibility index (Phi) is 3.78. The number of rotatable bonds is 4. The molecule has 1 saturated heterocycles. The molecule has 5 heteroatoms. The van der Waals surface area contributed by atoms with Crippen molar-refractivity contribution in [2.24, 2.45) is 11.7 Å². The molecule has 1 heterocycles. The zero-order chi connectivity index (χ0) is 13.4. The van der Waals surface area contributed by atoms with Crippen molar-refractivity contribution in [2.75, 3.05) is 11.9 Å². The first-order valence-electron chi connectivity index (χ1n) is 6.62. The molecule has 2 unspecified atom stereocenters. The SMILES string of the molecule is NC(=S)c1ccc(NC2CCOC2C2CC2)c(Br)c1. The van der Waals surface area contributed by atoms with E-state index in [9.17, 15) is 0 Å². The summed E-state index contributed by atoms with van der Waals surface area (Å²) in [6.07, 6.45) is 4.07. The minimum Gasteiger partial charge on any atom is -0.389 e. The van der Waals surface area contributed by atoms with Gasteiger partial charge in [0.25, 0.3) is 0 Å². The number of hydrogen-bond donors (Lipinski definition) is 2. The molecule has 1 aliphatic heterocycles. The molecular formula is C14H17BrN2OS. The van der Waals surface area contributed by atoms with E-state index in [1.807, 2.05) is 18.2 Å². The van der Waals surface area contributed by atoms with Crippen LogP contribution in [-0.4, -0.2) is 23.7 Å². The van der Waals surface area contributed by atoms with Gasteiger partial charge in [0.1, 0.15) is 4.99 Å². The number of thiocarbonyl (C=S) groups is 1. The minimum atomic E-state index is 0.377. The van der Waals surface area contributed by atoms with E-state index in [1.54, 1.807) is 0 Å². The molecule has 3 N–H and O–H groups in total. The van der Waals surface area contributed by atoms with Crippen LogP contribution in [-0.2, 0) is 4.74 Å². The van der Waals surface area contributed by atoms with Crippen LogP contribution in [0.25, 0.3) is 0 Å². The molecule has 0 aromatic heterocycles. The summed E-state index contributed by atoms with van der Waals surface area (Å²) in [4.78, 5) is 0.423. The van der Waals surface area contributed by atoms with Crippen molar-refractivity contribution >= 4 is 38.8 Å². The van der Waals surface area contributed by atoms with Gasteiger partial charge >= 0.3 is 0 Å². The molecule has 0 radical (unpaired) electrons. The average Bonchev–Trinajstić information content (AvgIpc) is 3.12. The molecule has 0 amide bonds. The Bertz CT molecular complexity index is 504. The molecule has 3 rings (SSSR count). The second-order valence-corrected chi connectivity index (χ2v) is 6.57. The third-order valence-corrected chi connectivity index (χ3v) is 4.71. The van der Waals surface area contributed by atoms with E-state index in [4.69, 9.17) is 22.7 Å². The van der Waals surface area contributed by atoms with E-state index in [-0.39, 0.29) is 0 Å². The van der Waals surface area contributed by atoms with E-state index in [2.05, 4.69) is 21.2 Å². The lowest BCUT2D eigenvalue weighted by Crippen LogP contribution is -2.31. The molecule has 0 bridgehead atoms. The summed E-state index contributed by atoms with van der Waals surface area (Å²) in [7, 11) is 0. The summed E-state index contributed by atoms with van der Waals surface area (Å²) < 4.78 is 6.84. The maximum absolute atomic E-state index is 5.84. The van der Waals surface area contributed by atoms with Gasteiger partial charge in [0.2, 0.25) is 0 Å². The van der Waals surface area contributed by atoms with Gasteiger partial charge in [-0.05, 0) is 59.3 Å². The molecule has 1 aromatic carbocycles. The maximum Gasteiger partial charge on any atom is 0.104 e. The van der Waals surface area contributed by atoms with Crippen molar-refractivity contribution in [2.45, 2.75) is 31.4 Å². The Morgan fingerprint density at radius 1 is 1.37 bits per heavy atom. The number of hydrogen-bond acceptors (Lipinski definition) is 3. The van der Waals surface area contributed by atoms with Crippen LogP contribution in [0.1, 0.15) is 24.8 Å². The molecule has 1 aliphatic carbocycles. The Hall–Kier alpha value is -0.650. The van der Waals surface area contributed by atoms with E-state index >= 15 is 0 Å². The fraction of sp³-hybridized carbons (Fsp3) is 0.500. The number of ether oxygens (including phenoxy) is 1. The summed E-state index contributed by atoms with van der Waals surface area (Å²) in [6, 6.07) is 6.37. The first kappa shape index (κ1) is 13.3. The number of nitrogens with two attached hydrogens (primary N) is 1. The summed E-state index contributed by atoms with van der Waals surface area (Å²) in [5.41, 5.74) is 7.60. The third-order valence-electron chi connectivity index (χ3n) is 3.82. The van der Waals surface area contributed by atoms with Crippen LogP contribution in [0, 0.1) is 5.92 Å². The molecule has 2 fully saturated rings. The normalized spacial score (nSPS) is 26.4. The smallest absolute Gasteiger partial charge is 0.104 e. The molecule has 2 atom stereocenters. The minimum absolute atomic E-state index is 0.377. The van der Waals surface area contributed by atoms with Crippen molar-refractivity contribution in [1.29, 1.82) is 0 Å². The van der Waals surface area contributed by atoms with Crippen LogP contribution < -0.4 is 11.1 Å². The van der Waals surface area contributed by atoms with E-state index in [0.29, 0.717) is 17.1 Å². The Balaban J connectivity index is 1.73. The highest BCUT2D eigenvalue weighted by molar-refractivity contribution is 9.10. The highest BCUT2D eigenvalue weighted by atomic mass is 79.9. The van der Waals surface area contributed by atoms with Crippen LogP contribution in [0.2, 0.25) is 0 Å². The highest BCUT2D eigenvalue weighted by Gasteiger charge is 2.40. The van der Waals surface area contributed by atoms with Gasteiger partial charge in [-0.2, -0.15) is 0 Å². The van der Waals surface area contributed by atoms with Crippen LogP contribution in [0.15, 0.2) is 22.7 Å². The van der Waals surface area contributed by atoms with Gasteiger partial charge in [-0.1, -0.05) is 12.2 Å². The van der Waals surface area contributed by atoms with E-state index < -0.39 is 0 Å². The predicted molar refractivity (Wildman–Crippen MR) is 84.5 cm³/mol. The molecule has 102 valence electrons. The number of anilines is 1. The molecule has 2 aliphatic rings. The summed E-state index contributed by atoms with van der Waals surface area (Å²) in [6.45, 7) is 0.863. The van der Waals surface area contributed by atoms with Gasteiger partial charge in [-0.3, -0.25) is 0 Å². The maximum atomic E-state index is 5.84. The molecule has 1 aromatic rings. The molecular weight excluding hydrogens is 324 g/mol. The van der Waals surface area contributed by atoms with Crippen LogP contribution in [0.5, 0.6) is 0 Å². The lowest BCUT2D eigenvalue weighted by Gasteiger charge is -2.21. The summed E-state index contributed by atoms with van der Waals surface area (Å²) >= 11 is 8.56. The lowest BCUT2D eigenvalue weighted by atomic mass is 10.1. The van der Waals surface area contributed by atoms with Crippen molar-refractivity contribution in [3.05, 3.63) is 28.2 Å². The Morgan fingerprint density at radius 2 is 2.16 bits per heavy atom. The topological polar surface area (TPSA) is 47.3 Å². The zero-order valence-corrected chi connectivity index (χ0v) is 13.0. The van der Waals surface area contributed by atoms with Crippen LogP contribution in [0.3, 0.4) is 0 Å². The van der Waals surface area contributed by atoms with Gasteiger partial charge in [0.15, 0.2) is 0 Å². The molecule has 19 heavy (non-hydrogen) atoms. The average molecular weight is 341 g/mol. The van der Waals surface area contributed by atoms with Crippen molar-refractivity contribution in [3.63, 3.8) is 0 Å². The first-order valence-corrected chi connectivity index (χ1v) is 7.83. The predicted octanol–water partition coefficient (Wildman–Crippen LogP) is 3.06. The Morgan fingerprint density at radius 3 is 2.79 bits per heavy atom. The van der Waals surface area contributed by atoms with Crippen molar-refractivity contribution in [1.82, 2.24) is 0 Å². The van der Waals surface area contributed by atoms with Crippen molar-refractivity contribution in [3.8, 4) is 0 Å². The van der Waals surface area contributed by atoms with E-state index in [0.717, 1.165) is 34.7 Å². The fourth-order valence-corrected chi connectivity index (χ4v) is 3.26. The molecule has 0 spiro atoms. The van der Waals surface area contributed by atoms with Gasteiger partial charge in [-0.15, -0.1) is 0 Å². The van der Waals surface area contributed by atoms with E-state index in [1.165, 1.54) is 12.8 Å². The summed E-state index contributed by atoms with van der Waals surface area (Å²) in [5.74, 6) is 0.759. The number of halogens is 1. The Labute approximate surface area is 127 Å². The molecule has 3 nitrogen and oxygen atoms in total. The molecule has 1 saturated carbocycles. The second-order valence-electron chi connectivity index (χ2n) is 5.27.